The highest BCUT2D eigenvalue weighted by molar-refractivity contribution is 5.78. The van der Waals surface area contributed by atoms with Gasteiger partial charge in [0.05, 0.1) is 37.0 Å². The van der Waals surface area contributed by atoms with Crippen LogP contribution in [0.4, 0.5) is 0 Å². The van der Waals surface area contributed by atoms with Gasteiger partial charge in [0.2, 0.25) is 5.88 Å². The second kappa shape index (κ2) is 6.56. The summed E-state index contributed by atoms with van der Waals surface area (Å²) < 4.78 is 5.18. The van der Waals surface area contributed by atoms with E-state index in [-0.39, 0.29) is 18.7 Å². The number of benzene rings is 1. The third-order valence-electron chi connectivity index (χ3n) is 4.34. The lowest BCUT2D eigenvalue weighted by molar-refractivity contribution is 0.0993. The predicted octanol–water partition coefficient (Wildman–Crippen LogP) is 1.09. The molecule has 3 N–H and O–H groups in total. The van der Waals surface area contributed by atoms with Gasteiger partial charge < -0.3 is 15.6 Å². The summed E-state index contributed by atoms with van der Waals surface area (Å²) in [6.07, 6.45) is 3.52. The molecule has 0 amide bonds. The van der Waals surface area contributed by atoms with E-state index in [9.17, 15) is 5.11 Å². The van der Waals surface area contributed by atoms with Gasteiger partial charge in [0, 0.05) is 19.1 Å². The molecule has 1 atom stereocenters. The number of hydrogen-bond donors (Lipinski definition) is 2. The maximum absolute atomic E-state index is 9.93. The fourth-order valence-electron chi connectivity index (χ4n) is 3.05. The van der Waals surface area contributed by atoms with Crippen LogP contribution in [0, 0.1) is 0 Å². The van der Waals surface area contributed by atoms with Crippen LogP contribution in [0.3, 0.4) is 0 Å². The first-order chi connectivity index (χ1) is 10.7. The number of nitrogens with zero attached hydrogens (tertiary/aromatic N) is 3. The Balaban J connectivity index is 1.99. The minimum Gasteiger partial charge on any atom is -0.480 e. The molecule has 118 valence electrons. The van der Waals surface area contributed by atoms with Gasteiger partial charge in [-0.2, -0.15) is 0 Å². The SMILES string of the molecule is COc1cnc2cccc(C(CO)N3CCC(N)CC3)c2n1. The van der Waals surface area contributed by atoms with Crippen LogP contribution < -0.4 is 10.5 Å². The Hall–Kier alpha value is -1.76. The molecule has 3 rings (SSSR count). The molecule has 2 heterocycles. The molecular weight excluding hydrogens is 280 g/mol. The zero-order valence-corrected chi connectivity index (χ0v) is 12.8. The Labute approximate surface area is 129 Å². The molecule has 6 nitrogen and oxygen atoms in total. The number of aliphatic hydroxyl groups is 1. The molecule has 1 aliphatic heterocycles. The fourth-order valence-corrected chi connectivity index (χ4v) is 3.05. The number of rotatable bonds is 4. The van der Waals surface area contributed by atoms with Crippen molar-refractivity contribution in [3.8, 4) is 5.88 Å². The number of hydrogen-bond acceptors (Lipinski definition) is 6. The van der Waals surface area contributed by atoms with Gasteiger partial charge in [0.25, 0.3) is 0 Å². The summed E-state index contributed by atoms with van der Waals surface area (Å²) in [7, 11) is 1.58. The van der Waals surface area contributed by atoms with Crippen molar-refractivity contribution in [3.05, 3.63) is 30.0 Å². The van der Waals surface area contributed by atoms with Gasteiger partial charge >= 0.3 is 0 Å². The third kappa shape index (κ3) is 2.90. The number of aliphatic hydroxyl groups excluding tert-OH is 1. The molecule has 1 fully saturated rings. The van der Waals surface area contributed by atoms with Gasteiger partial charge in [-0.05, 0) is 24.5 Å². The summed E-state index contributed by atoms with van der Waals surface area (Å²) in [5.41, 5.74) is 8.56. The van der Waals surface area contributed by atoms with E-state index in [0.717, 1.165) is 42.5 Å². The van der Waals surface area contributed by atoms with Crippen LogP contribution in [-0.4, -0.2) is 52.8 Å². The number of para-hydroxylation sites is 1. The van der Waals surface area contributed by atoms with Crippen LogP contribution in [0.15, 0.2) is 24.4 Å². The number of nitrogens with two attached hydrogens (primary N) is 1. The molecule has 1 unspecified atom stereocenters. The Morgan fingerprint density at radius 1 is 1.41 bits per heavy atom. The molecule has 22 heavy (non-hydrogen) atoms. The lowest BCUT2D eigenvalue weighted by atomic mass is 9.99. The summed E-state index contributed by atoms with van der Waals surface area (Å²) in [5, 5.41) is 9.93. The average molecular weight is 302 g/mol. The van der Waals surface area contributed by atoms with Crippen LogP contribution in [0.5, 0.6) is 5.88 Å². The number of piperidine rings is 1. The topological polar surface area (TPSA) is 84.5 Å². The van der Waals surface area contributed by atoms with Gasteiger partial charge in [-0.3, -0.25) is 4.90 Å². The highest BCUT2D eigenvalue weighted by Gasteiger charge is 2.26. The van der Waals surface area contributed by atoms with Gasteiger partial charge in [-0.1, -0.05) is 12.1 Å². The van der Waals surface area contributed by atoms with Crippen molar-refractivity contribution in [2.45, 2.75) is 24.9 Å². The van der Waals surface area contributed by atoms with E-state index >= 15 is 0 Å². The number of fused-ring (bicyclic) bond motifs is 1. The number of methoxy groups -OCH3 is 1. The summed E-state index contributed by atoms with van der Waals surface area (Å²) in [6.45, 7) is 1.83. The molecule has 2 aromatic rings. The first-order valence-corrected chi connectivity index (χ1v) is 7.63. The second-order valence-corrected chi connectivity index (χ2v) is 5.70. The monoisotopic (exact) mass is 302 g/mol. The van der Waals surface area contributed by atoms with E-state index < -0.39 is 0 Å². The van der Waals surface area contributed by atoms with Crippen molar-refractivity contribution >= 4 is 11.0 Å². The van der Waals surface area contributed by atoms with Crippen molar-refractivity contribution < 1.29 is 9.84 Å². The van der Waals surface area contributed by atoms with Crippen LogP contribution in [0.25, 0.3) is 11.0 Å². The van der Waals surface area contributed by atoms with E-state index in [1.54, 1.807) is 13.3 Å². The molecule has 1 saturated heterocycles. The highest BCUT2D eigenvalue weighted by Crippen LogP contribution is 2.29. The van der Waals surface area contributed by atoms with Gasteiger partial charge in [0.15, 0.2) is 0 Å². The molecule has 0 bridgehead atoms. The maximum Gasteiger partial charge on any atom is 0.232 e. The second-order valence-electron chi connectivity index (χ2n) is 5.70. The first-order valence-electron chi connectivity index (χ1n) is 7.63. The number of aromatic nitrogens is 2. The van der Waals surface area contributed by atoms with Crippen LogP contribution >= 0.6 is 0 Å². The van der Waals surface area contributed by atoms with Crippen molar-refractivity contribution in [2.75, 3.05) is 26.8 Å². The predicted molar refractivity (Wildman–Crippen MR) is 84.7 cm³/mol. The molecule has 1 aromatic heterocycles. The fraction of sp³-hybridized carbons (Fsp3) is 0.500. The van der Waals surface area contributed by atoms with E-state index in [4.69, 9.17) is 10.5 Å². The molecule has 1 aromatic carbocycles. The van der Waals surface area contributed by atoms with Crippen molar-refractivity contribution in [1.82, 2.24) is 14.9 Å². The molecule has 1 aliphatic rings. The quantitative estimate of drug-likeness (QED) is 0.879. The average Bonchev–Trinajstić information content (AvgIpc) is 2.57. The zero-order valence-electron chi connectivity index (χ0n) is 12.8. The number of likely N-dealkylation sites (tertiary alicyclic amines) is 1. The van der Waals surface area contributed by atoms with Gasteiger partial charge in [-0.15, -0.1) is 0 Å². The maximum atomic E-state index is 9.93. The Morgan fingerprint density at radius 2 is 2.18 bits per heavy atom. The molecule has 6 heteroatoms. The van der Waals surface area contributed by atoms with Crippen LogP contribution in [-0.2, 0) is 0 Å². The molecular formula is C16H22N4O2. The van der Waals surface area contributed by atoms with Crippen molar-refractivity contribution in [2.24, 2.45) is 5.73 Å². The largest absolute Gasteiger partial charge is 0.480 e. The highest BCUT2D eigenvalue weighted by atomic mass is 16.5. The van der Waals surface area contributed by atoms with Gasteiger partial charge in [0.1, 0.15) is 0 Å². The molecule has 0 spiro atoms. The summed E-state index contributed by atoms with van der Waals surface area (Å²) in [6, 6.07) is 6.06. The van der Waals surface area contributed by atoms with E-state index in [1.807, 2.05) is 18.2 Å². The lowest BCUT2D eigenvalue weighted by Crippen LogP contribution is -2.42. The molecule has 0 radical (unpaired) electrons. The normalized spacial score (nSPS) is 18.5. The lowest BCUT2D eigenvalue weighted by Gasteiger charge is -2.36. The van der Waals surface area contributed by atoms with E-state index in [1.165, 1.54) is 0 Å². The first kappa shape index (κ1) is 15.1. The zero-order chi connectivity index (χ0) is 15.5. The summed E-state index contributed by atoms with van der Waals surface area (Å²) in [5.74, 6) is 0.484. The van der Waals surface area contributed by atoms with Crippen LogP contribution in [0.1, 0.15) is 24.4 Å². The van der Waals surface area contributed by atoms with Crippen LogP contribution in [0.2, 0.25) is 0 Å². The number of ether oxygens (including phenoxy) is 1. The van der Waals surface area contributed by atoms with Gasteiger partial charge in [-0.25, -0.2) is 9.97 Å². The minimum atomic E-state index is -0.0855. The smallest absolute Gasteiger partial charge is 0.232 e. The minimum absolute atomic E-state index is 0.0489. The molecule has 0 saturated carbocycles. The summed E-state index contributed by atoms with van der Waals surface area (Å²) >= 11 is 0. The Morgan fingerprint density at radius 3 is 2.86 bits per heavy atom. The van der Waals surface area contributed by atoms with Crippen molar-refractivity contribution in [1.29, 1.82) is 0 Å². The van der Waals surface area contributed by atoms with E-state index in [0.29, 0.717) is 5.88 Å². The molecule has 0 aliphatic carbocycles. The van der Waals surface area contributed by atoms with E-state index in [2.05, 4.69) is 14.9 Å². The van der Waals surface area contributed by atoms with Crippen molar-refractivity contribution in [3.63, 3.8) is 0 Å². The Bertz CT molecular complexity index is 641. The Kier molecular flexibility index (Phi) is 4.52. The third-order valence-corrected chi connectivity index (χ3v) is 4.34. The standard InChI is InChI=1S/C16H22N4O2/c1-22-15-9-18-13-4-2-3-12(16(13)19-15)14(10-21)20-7-5-11(17)6-8-20/h2-4,9,11,14,21H,5-8,10,17H2,1H3. The summed E-state index contributed by atoms with van der Waals surface area (Å²) in [4.78, 5) is 11.2.